The highest BCUT2D eigenvalue weighted by molar-refractivity contribution is 5.76. The van der Waals surface area contributed by atoms with Gasteiger partial charge in [-0.2, -0.15) is 0 Å². The fraction of sp³-hybridized carbons (Fsp3) is 0.321. The van der Waals surface area contributed by atoms with E-state index in [1.165, 1.54) is 16.6 Å². The first-order valence-corrected chi connectivity index (χ1v) is 11.2. The van der Waals surface area contributed by atoms with Crippen LogP contribution in [0.5, 0.6) is 11.5 Å². The summed E-state index contributed by atoms with van der Waals surface area (Å²) >= 11 is 0. The minimum Gasteiger partial charge on any atom is -0.497 e. The lowest BCUT2D eigenvalue weighted by Gasteiger charge is -2.19. The van der Waals surface area contributed by atoms with Crippen LogP contribution in [0.2, 0.25) is 0 Å². The van der Waals surface area contributed by atoms with Gasteiger partial charge in [-0.25, -0.2) is 4.98 Å². The van der Waals surface area contributed by atoms with Gasteiger partial charge in [0.05, 0.1) is 24.8 Å². The lowest BCUT2D eigenvalue weighted by Crippen LogP contribution is -2.11. The second-order valence-electron chi connectivity index (χ2n) is 9.17. The van der Waals surface area contributed by atoms with E-state index in [-0.39, 0.29) is 5.41 Å². The SMILES string of the molecule is COc1ccc(Cc2nc3ccccc3n2CCCOc2ccc(C(C)(C)C)cc2)cc1. The molecule has 0 unspecified atom stereocenters. The largest absolute Gasteiger partial charge is 0.497 e. The molecule has 0 aliphatic heterocycles. The molecule has 0 amide bonds. The predicted octanol–water partition coefficient (Wildman–Crippen LogP) is 6.40. The molecule has 1 heterocycles. The molecule has 4 nitrogen and oxygen atoms in total. The van der Waals surface area contributed by atoms with Gasteiger partial charge in [0.15, 0.2) is 0 Å². The van der Waals surface area contributed by atoms with E-state index in [4.69, 9.17) is 14.5 Å². The van der Waals surface area contributed by atoms with Crippen LogP contribution in [0.4, 0.5) is 0 Å². The molecule has 0 atom stereocenters. The highest BCUT2D eigenvalue weighted by atomic mass is 16.5. The molecule has 4 heteroatoms. The van der Waals surface area contributed by atoms with E-state index in [0.29, 0.717) is 6.61 Å². The first-order valence-electron chi connectivity index (χ1n) is 11.2. The third-order valence-corrected chi connectivity index (χ3v) is 5.77. The van der Waals surface area contributed by atoms with Crippen molar-refractivity contribution in [3.8, 4) is 11.5 Å². The maximum absolute atomic E-state index is 6.02. The minimum absolute atomic E-state index is 0.154. The van der Waals surface area contributed by atoms with Crippen LogP contribution in [0.25, 0.3) is 11.0 Å². The highest BCUT2D eigenvalue weighted by Crippen LogP contribution is 2.25. The molecule has 0 aliphatic rings. The highest BCUT2D eigenvalue weighted by Gasteiger charge is 2.13. The zero-order valence-electron chi connectivity index (χ0n) is 19.5. The van der Waals surface area contributed by atoms with Gasteiger partial charge in [-0.3, -0.25) is 0 Å². The molecular weight excluding hydrogens is 396 g/mol. The van der Waals surface area contributed by atoms with Crippen molar-refractivity contribution in [1.29, 1.82) is 0 Å². The van der Waals surface area contributed by atoms with Gasteiger partial charge in [-0.15, -0.1) is 0 Å². The molecule has 4 aromatic rings. The maximum Gasteiger partial charge on any atom is 0.119 e. The van der Waals surface area contributed by atoms with Crippen LogP contribution in [0.15, 0.2) is 72.8 Å². The summed E-state index contributed by atoms with van der Waals surface area (Å²) in [4.78, 5) is 4.91. The molecule has 3 aromatic carbocycles. The molecule has 0 saturated heterocycles. The van der Waals surface area contributed by atoms with Gasteiger partial charge in [0, 0.05) is 13.0 Å². The number of imidazole rings is 1. The summed E-state index contributed by atoms with van der Waals surface area (Å²) in [5.74, 6) is 2.87. The zero-order chi connectivity index (χ0) is 22.6. The molecule has 0 N–H and O–H groups in total. The summed E-state index contributed by atoms with van der Waals surface area (Å²) in [6, 6.07) is 25.0. The summed E-state index contributed by atoms with van der Waals surface area (Å²) in [5, 5.41) is 0. The van der Waals surface area contributed by atoms with E-state index in [1.54, 1.807) is 7.11 Å². The van der Waals surface area contributed by atoms with E-state index in [9.17, 15) is 0 Å². The number of ether oxygens (including phenoxy) is 2. The van der Waals surface area contributed by atoms with Gasteiger partial charge in [0.1, 0.15) is 17.3 Å². The summed E-state index contributed by atoms with van der Waals surface area (Å²) in [7, 11) is 1.69. The number of benzene rings is 3. The van der Waals surface area contributed by atoms with Crippen LogP contribution in [0, 0.1) is 0 Å². The second kappa shape index (κ2) is 9.47. The summed E-state index contributed by atoms with van der Waals surface area (Å²) < 4.78 is 13.6. The Hall–Kier alpha value is -3.27. The Kier molecular flexibility index (Phi) is 6.50. The summed E-state index contributed by atoms with van der Waals surface area (Å²) in [6.07, 6.45) is 1.70. The Morgan fingerprint density at radius 3 is 2.22 bits per heavy atom. The molecular formula is C28H32N2O2. The van der Waals surface area contributed by atoms with Gasteiger partial charge < -0.3 is 14.0 Å². The molecule has 0 fully saturated rings. The van der Waals surface area contributed by atoms with Crippen LogP contribution in [-0.4, -0.2) is 23.3 Å². The predicted molar refractivity (Wildman–Crippen MR) is 131 cm³/mol. The number of hydrogen-bond acceptors (Lipinski definition) is 3. The first kappa shape index (κ1) is 21.9. The number of rotatable bonds is 8. The van der Waals surface area contributed by atoms with Crippen molar-refractivity contribution in [3.63, 3.8) is 0 Å². The quantitative estimate of drug-likeness (QED) is 0.305. The first-order chi connectivity index (χ1) is 15.4. The molecule has 1 aromatic heterocycles. The number of fused-ring (bicyclic) bond motifs is 1. The van der Waals surface area contributed by atoms with Crippen LogP contribution in [0.1, 0.15) is 44.1 Å². The molecule has 0 aliphatic carbocycles. The topological polar surface area (TPSA) is 36.3 Å². The van der Waals surface area contributed by atoms with Gasteiger partial charge in [0.2, 0.25) is 0 Å². The van der Waals surface area contributed by atoms with Crippen LogP contribution >= 0.6 is 0 Å². The molecule has 0 bridgehead atoms. The smallest absolute Gasteiger partial charge is 0.119 e. The third-order valence-electron chi connectivity index (χ3n) is 5.77. The van der Waals surface area contributed by atoms with Crippen molar-refractivity contribution in [2.24, 2.45) is 0 Å². The van der Waals surface area contributed by atoms with E-state index in [2.05, 4.69) is 79.9 Å². The van der Waals surface area contributed by atoms with Gasteiger partial charge in [-0.1, -0.05) is 57.2 Å². The number of hydrogen-bond donors (Lipinski definition) is 0. The molecule has 0 spiro atoms. The van der Waals surface area contributed by atoms with Crippen LogP contribution < -0.4 is 9.47 Å². The van der Waals surface area contributed by atoms with Crippen molar-refractivity contribution >= 4 is 11.0 Å². The van der Waals surface area contributed by atoms with Crippen LogP contribution in [0.3, 0.4) is 0 Å². The monoisotopic (exact) mass is 428 g/mol. The van der Waals surface area contributed by atoms with Crippen molar-refractivity contribution in [1.82, 2.24) is 9.55 Å². The summed E-state index contributed by atoms with van der Waals surface area (Å²) in [5.41, 5.74) is 4.90. The Morgan fingerprint density at radius 1 is 0.844 bits per heavy atom. The lowest BCUT2D eigenvalue weighted by atomic mass is 9.87. The number of aryl methyl sites for hydroxylation is 1. The Bertz CT molecular complexity index is 1150. The molecule has 32 heavy (non-hydrogen) atoms. The number of aromatic nitrogens is 2. The van der Waals surface area contributed by atoms with Gasteiger partial charge in [-0.05, 0) is 59.4 Å². The lowest BCUT2D eigenvalue weighted by molar-refractivity contribution is 0.301. The van der Waals surface area contributed by atoms with E-state index < -0.39 is 0 Å². The normalized spacial score (nSPS) is 11.6. The maximum atomic E-state index is 6.02. The average Bonchev–Trinajstić information content (AvgIpc) is 3.14. The summed E-state index contributed by atoms with van der Waals surface area (Å²) in [6.45, 7) is 8.21. The second-order valence-corrected chi connectivity index (χ2v) is 9.17. The zero-order valence-corrected chi connectivity index (χ0v) is 19.5. The molecule has 166 valence electrons. The fourth-order valence-electron chi connectivity index (χ4n) is 3.90. The standard InChI is InChI=1S/C28H32N2O2/c1-28(2,3)22-12-16-24(17-13-22)32-19-7-18-30-26-9-6-5-8-25(26)29-27(30)20-21-10-14-23(31-4)15-11-21/h5-6,8-17H,7,18-20H2,1-4H3. The van der Waals surface area contributed by atoms with Crippen molar-refractivity contribution in [2.45, 2.75) is 45.6 Å². The van der Waals surface area contributed by atoms with E-state index in [1.807, 2.05) is 18.2 Å². The van der Waals surface area contributed by atoms with E-state index >= 15 is 0 Å². The van der Waals surface area contributed by atoms with Crippen molar-refractivity contribution in [3.05, 3.63) is 89.7 Å². The molecule has 0 radical (unpaired) electrons. The Labute approximate surface area is 190 Å². The van der Waals surface area contributed by atoms with Crippen molar-refractivity contribution in [2.75, 3.05) is 13.7 Å². The van der Waals surface area contributed by atoms with Crippen LogP contribution in [-0.2, 0) is 18.4 Å². The Balaban J connectivity index is 1.43. The number of nitrogens with zero attached hydrogens (tertiary/aromatic N) is 2. The van der Waals surface area contributed by atoms with Gasteiger partial charge in [0.25, 0.3) is 0 Å². The van der Waals surface area contributed by atoms with E-state index in [0.717, 1.165) is 42.2 Å². The van der Waals surface area contributed by atoms with Gasteiger partial charge >= 0.3 is 0 Å². The average molecular weight is 429 g/mol. The molecule has 0 saturated carbocycles. The van der Waals surface area contributed by atoms with Crippen molar-refractivity contribution < 1.29 is 9.47 Å². The third kappa shape index (κ3) is 5.13. The number of methoxy groups -OCH3 is 1. The fourth-order valence-corrected chi connectivity index (χ4v) is 3.90. The number of para-hydroxylation sites is 2. The minimum atomic E-state index is 0.154. The Morgan fingerprint density at radius 2 is 1.53 bits per heavy atom. The molecule has 4 rings (SSSR count).